The van der Waals surface area contributed by atoms with Gasteiger partial charge in [0.05, 0.1) is 24.2 Å². The summed E-state index contributed by atoms with van der Waals surface area (Å²) in [6, 6.07) is 10.1. The average molecular weight is 284 g/mol. The van der Waals surface area contributed by atoms with Crippen molar-refractivity contribution in [3.63, 3.8) is 0 Å². The predicted octanol–water partition coefficient (Wildman–Crippen LogP) is 3.25. The standard InChI is InChI=1S/C17H16O4/c1-11(17(20)13-6-4-3-5-7-13)15(18)10-16(19)14-8-9-21-12(14)2/h3-9,11H,10H2,1-2H3. The minimum atomic E-state index is -0.830. The van der Waals surface area contributed by atoms with E-state index in [1.54, 1.807) is 37.3 Å². The molecule has 0 saturated heterocycles. The zero-order chi connectivity index (χ0) is 15.4. The number of carbonyl (C=O) groups excluding carboxylic acids is 3. The van der Waals surface area contributed by atoms with Crippen LogP contribution in [-0.2, 0) is 4.79 Å². The number of aryl methyl sites for hydroxylation is 1. The second-order valence-electron chi connectivity index (χ2n) is 4.91. The molecule has 1 heterocycles. The lowest BCUT2D eigenvalue weighted by Crippen LogP contribution is -2.23. The molecule has 0 radical (unpaired) electrons. The van der Waals surface area contributed by atoms with E-state index in [4.69, 9.17) is 4.42 Å². The molecule has 1 aromatic heterocycles. The SMILES string of the molecule is Cc1occc1C(=O)CC(=O)C(C)C(=O)c1ccccc1. The van der Waals surface area contributed by atoms with Crippen LogP contribution in [0, 0.1) is 12.8 Å². The summed E-state index contributed by atoms with van der Waals surface area (Å²) in [6.07, 6.45) is 1.12. The molecule has 1 unspecified atom stereocenters. The zero-order valence-electron chi connectivity index (χ0n) is 12.0. The van der Waals surface area contributed by atoms with Gasteiger partial charge in [-0.15, -0.1) is 0 Å². The Kier molecular flexibility index (Phi) is 4.48. The molecule has 0 aliphatic carbocycles. The van der Waals surface area contributed by atoms with Crippen LogP contribution in [0.2, 0.25) is 0 Å². The van der Waals surface area contributed by atoms with Gasteiger partial charge in [0.15, 0.2) is 17.3 Å². The second kappa shape index (κ2) is 6.31. The lowest BCUT2D eigenvalue weighted by Gasteiger charge is -2.09. The summed E-state index contributed by atoms with van der Waals surface area (Å²) in [4.78, 5) is 36.3. The van der Waals surface area contributed by atoms with Crippen LogP contribution in [0.25, 0.3) is 0 Å². The minimum absolute atomic E-state index is 0.266. The Balaban J connectivity index is 2.05. The Morgan fingerprint density at radius 1 is 1.10 bits per heavy atom. The number of hydrogen-bond acceptors (Lipinski definition) is 4. The highest BCUT2D eigenvalue weighted by Gasteiger charge is 2.25. The molecule has 0 bridgehead atoms. The van der Waals surface area contributed by atoms with Crippen LogP contribution in [0.4, 0.5) is 0 Å². The number of hydrogen-bond donors (Lipinski definition) is 0. The lowest BCUT2D eigenvalue weighted by molar-refractivity contribution is -0.120. The number of furan rings is 1. The summed E-state index contributed by atoms with van der Waals surface area (Å²) in [5, 5.41) is 0. The molecule has 0 amide bonds. The molecule has 4 heteroatoms. The summed E-state index contributed by atoms with van der Waals surface area (Å²) in [7, 11) is 0. The van der Waals surface area contributed by atoms with E-state index in [1.165, 1.54) is 19.3 Å². The maximum absolute atomic E-state index is 12.2. The van der Waals surface area contributed by atoms with Crippen LogP contribution in [-0.4, -0.2) is 17.3 Å². The van der Waals surface area contributed by atoms with Crippen molar-refractivity contribution in [2.24, 2.45) is 5.92 Å². The molecule has 0 fully saturated rings. The first kappa shape index (κ1) is 14.9. The fourth-order valence-electron chi connectivity index (χ4n) is 2.08. The van der Waals surface area contributed by atoms with E-state index in [0.717, 1.165) is 0 Å². The van der Waals surface area contributed by atoms with Crippen molar-refractivity contribution in [1.29, 1.82) is 0 Å². The van der Waals surface area contributed by atoms with Crippen LogP contribution >= 0.6 is 0 Å². The zero-order valence-corrected chi connectivity index (χ0v) is 12.0. The molecule has 0 saturated carbocycles. The first-order valence-electron chi connectivity index (χ1n) is 6.70. The molecule has 0 N–H and O–H groups in total. The average Bonchev–Trinajstić information content (AvgIpc) is 2.92. The topological polar surface area (TPSA) is 64.3 Å². The number of ketones is 3. The first-order chi connectivity index (χ1) is 10.0. The minimum Gasteiger partial charge on any atom is -0.469 e. The van der Waals surface area contributed by atoms with Crippen molar-refractivity contribution < 1.29 is 18.8 Å². The number of carbonyl (C=O) groups is 3. The third kappa shape index (κ3) is 3.34. The second-order valence-corrected chi connectivity index (χ2v) is 4.91. The fraction of sp³-hybridized carbons (Fsp3) is 0.235. The highest BCUT2D eigenvalue weighted by Crippen LogP contribution is 2.15. The van der Waals surface area contributed by atoms with Crippen LogP contribution in [0.5, 0.6) is 0 Å². The van der Waals surface area contributed by atoms with E-state index in [0.29, 0.717) is 16.9 Å². The highest BCUT2D eigenvalue weighted by molar-refractivity contribution is 6.17. The molecule has 2 aromatic rings. The third-order valence-corrected chi connectivity index (χ3v) is 3.43. The van der Waals surface area contributed by atoms with Gasteiger partial charge >= 0.3 is 0 Å². The van der Waals surface area contributed by atoms with Gasteiger partial charge in [0.25, 0.3) is 0 Å². The normalized spacial score (nSPS) is 11.9. The van der Waals surface area contributed by atoms with Gasteiger partial charge in [0, 0.05) is 5.56 Å². The van der Waals surface area contributed by atoms with Gasteiger partial charge in [-0.3, -0.25) is 14.4 Å². The lowest BCUT2D eigenvalue weighted by atomic mass is 9.92. The third-order valence-electron chi connectivity index (χ3n) is 3.43. The van der Waals surface area contributed by atoms with Crippen LogP contribution in [0.1, 0.15) is 39.8 Å². The van der Waals surface area contributed by atoms with Crippen LogP contribution in [0.3, 0.4) is 0 Å². The van der Waals surface area contributed by atoms with Crippen molar-refractivity contribution in [2.75, 3.05) is 0 Å². The van der Waals surface area contributed by atoms with Gasteiger partial charge in [-0.1, -0.05) is 30.3 Å². The smallest absolute Gasteiger partial charge is 0.173 e. The van der Waals surface area contributed by atoms with E-state index in [9.17, 15) is 14.4 Å². The quantitative estimate of drug-likeness (QED) is 0.603. The molecule has 1 aromatic carbocycles. The summed E-state index contributed by atoms with van der Waals surface area (Å²) in [6.45, 7) is 3.20. The summed E-state index contributed by atoms with van der Waals surface area (Å²) in [5.74, 6) is -1.32. The maximum atomic E-state index is 12.2. The Hall–Kier alpha value is -2.49. The molecule has 4 nitrogen and oxygen atoms in total. The monoisotopic (exact) mass is 284 g/mol. The number of benzene rings is 1. The molecule has 0 aliphatic rings. The van der Waals surface area contributed by atoms with E-state index in [-0.39, 0.29) is 23.8 Å². The van der Waals surface area contributed by atoms with Crippen molar-refractivity contribution in [2.45, 2.75) is 20.3 Å². The highest BCUT2D eigenvalue weighted by atomic mass is 16.3. The van der Waals surface area contributed by atoms with Gasteiger partial charge in [0.2, 0.25) is 0 Å². The summed E-state index contributed by atoms with van der Waals surface area (Å²) in [5.41, 5.74) is 0.869. The maximum Gasteiger partial charge on any atom is 0.173 e. The van der Waals surface area contributed by atoms with E-state index >= 15 is 0 Å². The van der Waals surface area contributed by atoms with Crippen LogP contribution < -0.4 is 0 Å². The van der Waals surface area contributed by atoms with Gasteiger partial charge in [0.1, 0.15) is 5.76 Å². The Labute approximate surface area is 122 Å². The van der Waals surface area contributed by atoms with Crippen molar-refractivity contribution in [3.8, 4) is 0 Å². The summed E-state index contributed by atoms with van der Waals surface area (Å²) < 4.78 is 5.05. The van der Waals surface area contributed by atoms with Crippen LogP contribution in [0.15, 0.2) is 47.1 Å². The van der Waals surface area contributed by atoms with Crippen molar-refractivity contribution >= 4 is 17.3 Å². The van der Waals surface area contributed by atoms with Gasteiger partial charge in [-0.2, -0.15) is 0 Å². The Morgan fingerprint density at radius 3 is 2.33 bits per heavy atom. The largest absolute Gasteiger partial charge is 0.469 e. The molecule has 2 rings (SSSR count). The number of rotatable bonds is 6. The van der Waals surface area contributed by atoms with Gasteiger partial charge in [-0.05, 0) is 19.9 Å². The first-order valence-corrected chi connectivity index (χ1v) is 6.70. The van der Waals surface area contributed by atoms with Gasteiger partial charge < -0.3 is 4.42 Å². The molecule has 1 atom stereocenters. The molecule has 108 valence electrons. The molecular formula is C17H16O4. The molecule has 21 heavy (non-hydrogen) atoms. The predicted molar refractivity (Wildman–Crippen MR) is 77.3 cm³/mol. The Bertz CT molecular complexity index is 667. The summed E-state index contributed by atoms with van der Waals surface area (Å²) >= 11 is 0. The van der Waals surface area contributed by atoms with E-state index < -0.39 is 5.92 Å². The number of Topliss-reactive ketones (excluding diaryl/α,β-unsaturated/α-hetero) is 3. The van der Waals surface area contributed by atoms with Crippen molar-refractivity contribution in [1.82, 2.24) is 0 Å². The van der Waals surface area contributed by atoms with E-state index in [1.807, 2.05) is 0 Å². The fourth-order valence-corrected chi connectivity index (χ4v) is 2.08. The molecular weight excluding hydrogens is 268 g/mol. The molecule has 0 spiro atoms. The van der Waals surface area contributed by atoms with Crippen molar-refractivity contribution in [3.05, 3.63) is 59.5 Å². The molecule has 0 aliphatic heterocycles. The van der Waals surface area contributed by atoms with Gasteiger partial charge in [-0.25, -0.2) is 0 Å². The van der Waals surface area contributed by atoms with E-state index in [2.05, 4.69) is 0 Å². The Morgan fingerprint density at radius 2 is 1.76 bits per heavy atom.